The fourth-order valence-electron chi connectivity index (χ4n) is 5.36. The lowest BCUT2D eigenvalue weighted by molar-refractivity contribution is -0.144. The first-order valence-electron chi connectivity index (χ1n) is 12.3. The summed E-state index contributed by atoms with van der Waals surface area (Å²) in [6, 6.07) is 25.1. The molecule has 0 saturated heterocycles. The average Bonchev–Trinajstić information content (AvgIpc) is 2.92. The highest BCUT2D eigenvalue weighted by Gasteiger charge is 2.46. The van der Waals surface area contributed by atoms with Gasteiger partial charge in [0.15, 0.2) is 5.78 Å². The van der Waals surface area contributed by atoms with E-state index in [1.165, 1.54) is 7.11 Å². The Labute approximate surface area is 221 Å². The number of Topliss-reactive ketones (excluding diaryl/α,β-unsaturated/α-hetero) is 1. The van der Waals surface area contributed by atoms with Crippen LogP contribution in [0, 0.1) is 5.92 Å². The van der Waals surface area contributed by atoms with Gasteiger partial charge in [-0.15, -0.1) is 0 Å². The van der Waals surface area contributed by atoms with Gasteiger partial charge in [0.05, 0.1) is 7.11 Å². The second kappa shape index (κ2) is 10.7. The number of para-hydroxylation sites is 1. The standard InChI is InChI=1S/C31H28ClNO4/c1-19-28(31(35)36-2)29(24-10-6-7-11-27(24)37-18-20-8-4-3-5-9-20)30-25(33-19)16-22(17-26(30)34)21-12-14-23(32)15-13-21/h3-15,22,28-29,33H,1,16-18H2,2H3. The van der Waals surface area contributed by atoms with Crippen LogP contribution in [0.1, 0.15) is 41.4 Å². The number of carbonyl (C=O) groups excluding carboxylic acids is 2. The number of nitrogens with one attached hydrogen (secondary N) is 1. The summed E-state index contributed by atoms with van der Waals surface area (Å²) in [5.74, 6) is -1.15. The largest absolute Gasteiger partial charge is 0.489 e. The molecule has 0 aromatic heterocycles. The lowest BCUT2D eigenvalue weighted by Gasteiger charge is -2.40. The van der Waals surface area contributed by atoms with Crippen molar-refractivity contribution in [1.82, 2.24) is 5.32 Å². The topological polar surface area (TPSA) is 64.6 Å². The van der Waals surface area contributed by atoms with Gasteiger partial charge in [-0.2, -0.15) is 0 Å². The Morgan fingerprint density at radius 3 is 2.43 bits per heavy atom. The predicted molar refractivity (Wildman–Crippen MR) is 143 cm³/mol. The number of halogens is 1. The zero-order valence-electron chi connectivity index (χ0n) is 20.6. The zero-order valence-corrected chi connectivity index (χ0v) is 21.3. The molecule has 5 nitrogen and oxygen atoms in total. The number of benzene rings is 3. The van der Waals surface area contributed by atoms with Crippen molar-refractivity contribution in [2.24, 2.45) is 5.92 Å². The molecule has 3 aromatic rings. The van der Waals surface area contributed by atoms with Gasteiger partial charge in [-0.05, 0) is 41.7 Å². The molecule has 0 amide bonds. The predicted octanol–water partition coefficient (Wildman–Crippen LogP) is 6.31. The molecular weight excluding hydrogens is 486 g/mol. The van der Waals surface area contributed by atoms with Gasteiger partial charge in [0.2, 0.25) is 0 Å². The minimum atomic E-state index is -0.763. The molecular formula is C31H28ClNO4. The van der Waals surface area contributed by atoms with Crippen LogP contribution in [-0.4, -0.2) is 18.9 Å². The van der Waals surface area contributed by atoms with Crippen LogP contribution in [0.15, 0.2) is 102 Å². The van der Waals surface area contributed by atoms with E-state index in [4.69, 9.17) is 21.1 Å². The van der Waals surface area contributed by atoms with Crippen molar-refractivity contribution in [3.05, 3.63) is 124 Å². The quantitative estimate of drug-likeness (QED) is 0.391. The highest BCUT2D eigenvalue weighted by atomic mass is 35.5. The summed E-state index contributed by atoms with van der Waals surface area (Å²) >= 11 is 6.08. The Hall–Kier alpha value is -3.83. The number of hydrogen-bond donors (Lipinski definition) is 1. The maximum absolute atomic E-state index is 13.8. The number of hydrogen-bond acceptors (Lipinski definition) is 5. The van der Waals surface area contributed by atoms with Crippen molar-refractivity contribution in [2.45, 2.75) is 31.3 Å². The van der Waals surface area contributed by atoms with Gasteiger partial charge in [-0.1, -0.05) is 78.8 Å². The molecule has 3 unspecified atom stereocenters. The van der Waals surface area contributed by atoms with E-state index < -0.39 is 17.8 Å². The van der Waals surface area contributed by atoms with Gasteiger partial charge in [-0.25, -0.2) is 0 Å². The van der Waals surface area contributed by atoms with E-state index in [1.807, 2.05) is 78.9 Å². The summed E-state index contributed by atoms with van der Waals surface area (Å²) in [5.41, 5.74) is 4.75. The van der Waals surface area contributed by atoms with E-state index in [0.29, 0.717) is 41.5 Å². The van der Waals surface area contributed by atoms with Gasteiger partial charge in [0, 0.05) is 39.9 Å². The summed E-state index contributed by atoms with van der Waals surface area (Å²) in [4.78, 5) is 26.8. The summed E-state index contributed by atoms with van der Waals surface area (Å²) in [6.45, 7) is 4.54. The Kier molecular flexibility index (Phi) is 7.15. The van der Waals surface area contributed by atoms with Gasteiger partial charge in [0.1, 0.15) is 18.3 Å². The molecule has 0 radical (unpaired) electrons. The molecule has 188 valence electrons. The van der Waals surface area contributed by atoms with Crippen molar-refractivity contribution < 1.29 is 19.1 Å². The van der Waals surface area contributed by atoms with Gasteiger partial charge >= 0.3 is 5.97 Å². The number of carbonyl (C=O) groups is 2. The number of ether oxygens (including phenoxy) is 2. The third-order valence-corrected chi connectivity index (χ3v) is 7.38. The van der Waals surface area contributed by atoms with Gasteiger partial charge in [0.25, 0.3) is 0 Å². The van der Waals surface area contributed by atoms with Gasteiger partial charge < -0.3 is 14.8 Å². The van der Waals surface area contributed by atoms with E-state index in [2.05, 4.69) is 11.9 Å². The van der Waals surface area contributed by atoms with Crippen molar-refractivity contribution in [1.29, 1.82) is 0 Å². The van der Waals surface area contributed by atoms with Crippen LogP contribution in [0.5, 0.6) is 5.75 Å². The monoisotopic (exact) mass is 513 g/mol. The summed E-state index contributed by atoms with van der Waals surface area (Å²) in [7, 11) is 1.35. The third kappa shape index (κ3) is 5.05. The van der Waals surface area contributed by atoms with Crippen LogP contribution >= 0.6 is 11.6 Å². The van der Waals surface area contributed by atoms with Crippen LogP contribution < -0.4 is 10.1 Å². The van der Waals surface area contributed by atoms with Crippen LogP contribution in [-0.2, 0) is 20.9 Å². The van der Waals surface area contributed by atoms with Crippen LogP contribution in [0.3, 0.4) is 0 Å². The highest BCUT2D eigenvalue weighted by molar-refractivity contribution is 6.30. The molecule has 1 aliphatic heterocycles. The molecule has 0 saturated carbocycles. The molecule has 0 spiro atoms. The van der Waals surface area contributed by atoms with E-state index in [9.17, 15) is 9.59 Å². The summed E-state index contributed by atoms with van der Waals surface area (Å²) in [6.07, 6.45) is 0.964. The zero-order chi connectivity index (χ0) is 25.9. The molecule has 0 fully saturated rings. The van der Waals surface area contributed by atoms with Gasteiger partial charge in [-0.3, -0.25) is 9.59 Å². The Morgan fingerprint density at radius 1 is 1.00 bits per heavy atom. The van der Waals surface area contributed by atoms with Crippen LogP contribution in [0.25, 0.3) is 0 Å². The SMILES string of the molecule is C=C1NC2=C(C(=O)CC(c3ccc(Cl)cc3)C2)C(c2ccccc2OCc2ccccc2)C1C(=O)OC. The molecule has 1 aliphatic carbocycles. The van der Waals surface area contributed by atoms with Crippen molar-refractivity contribution in [3.8, 4) is 5.75 Å². The Balaban J connectivity index is 1.56. The molecule has 5 rings (SSSR count). The molecule has 6 heteroatoms. The number of rotatable bonds is 6. The second-order valence-corrected chi connectivity index (χ2v) is 9.85. The maximum Gasteiger partial charge on any atom is 0.315 e. The molecule has 37 heavy (non-hydrogen) atoms. The minimum Gasteiger partial charge on any atom is -0.489 e. The Bertz CT molecular complexity index is 1360. The van der Waals surface area contributed by atoms with Crippen LogP contribution in [0.4, 0.5) is 0 Å². The second-order valence-electron chi connectivity index (χ2n) is 9.41. The molecule has 3 atom stereocenters. The fourth-order valence-corrected chi connectivity index (χ4v) is 5.49. The molecule has 1 heterocycles. The number of esters is 1. The third-order valence-electron chi connectivity index (χ3n) is 7.13. The lowest BCUT2D eigenvalue weighted by atomic mass is 9.69. The smallest absolute Gasteiger partial charge is 0.315 e. The number of ketones is 1. The average molecular weight is 514 g/mol. The Morgan fingerprint density at radius 2 is 1.70 bits per heavy atom. The van der Waals surface area contributed by atoms with Crippen molar-refractivity contribution in [3.63, 3.8) is 0 Å². The first-order chi connectivity index (χ1) is 18.0. The first-order valence-corrected chi connectivity index (χ1v) is 12.6. The molecule has 1 N–H and O–H groups in total. The lowest BCUT2D eigenvalue weighted by Crippen LogP contribution is -2.42. The molecule has 0 bridgehead atoms. The maximum atomic E-state index is 13.8. The normalized spacial score (nSPS) is 21.2. The molecule has 2 aliphatic rings. The highest BCUT2D eigenvalue weighted by Crippen LogP contribution is 2.49. The fraction of sp³-hybridized carbons (Fsp3) is 0.226. The number of allylic oxidation sites excluding steroid dienone is 2. The number of methoxy groups -OCH3 is 1. The molecule has 3 aromatic carbocycles. The summed E-state index contributed by atoms with van der Waals surface area (Å²) < 4.78 is 11.4. The van der Waals surface area contributed by atoms with Crippen molar-refractivity contribution in [2.75, 3.05) is 7.11 Å². The van der Waals surface area contributed by atoms with E-state index >= 15 is 0 Å². The van der Waals surface area contributed by atoms with Crippen molar-refractivity contribution >= 4 is 23.4 Å². The van der Waals surface area contributed by atoms with Crippen LogP contribution in [0.2, 0.25) is 5.02 Å². The first kappa shape index (κ1) is 24.8. The van der Waals surface area contributed by atoms with E-state index in [-0.39, 0.29) is 11.7 Å². The summed E-state index contributed by atoms with van der Waals surface area (Å²) in [5, 5.41) is 3.95. The van der Waals surface area contributed by atoms with E-state index in [1.54, 1.807) is 0 Å². The minimum absolute atomic E-state index is 0.00188. The van der Waals surface area contributed by atoms with E-state index in [0.717, 1.165) is 22.4 Å².